The van der Waals surface area contributed by atoms with E-state index in [0.717, 1.165) is 5.75 Å². The number of rotatable bonds is 3. The van der Waals surface area contributed by atoms with Crippen molar-refractivity contribution < 1.29 is 4.74 Å². The molecule has 0 N–H and O–H groups in total. The molecule has 0 aromatic heterocycles. The first-order valence-corrected chi connectivity index (χ1v) is 6.82. The van der Waals surface area contributed by atoms with Gasteiger partial charge in [0.15, 0.2) is 0 Å². The summed E-state index contributed by atoms with van der Waals surface area (Å²) in [5, 5.41) is 2.65. The normalized spacial score (nSPS) is 12.0. The highest BCUT2D eigenvalue weighted by Gasteiger charge is 2.12. The first-order valence-electron chi connectivity index (χ1n) is 6.82. The molecule has 1 aliphatic rings. The van der Waals surface area contributed by atoms with Crippen LogP contribution in [-0.4, -0.2) is 0 Å². The standard InChI is InChI=1S/C19H14O/c1-2-7-17(8-3-1)20-13-16-10-9-14-5-4-6-15-11-12-18(16)19(14)15/h1-12H,13H2. The Morgan fingerprint density at radius 1 is 0.750 bits per heavy atom. The predicted octanol–water partition coefficient (Wildman–Crippen LogP) is 4.90. The van der Waals surface area contributed by atoms with E-state index in [0.29, 0.717) is 6.61 Å². The van der Waals surface area contributed by atoms with E-state index in [1.807, 2.05) is 30.3 Å². The minimum Gasteiger partial charge on any atom is -0.489 e. The summed E-state index contributed by atoms with van der Waals surface area (Å²) in [6.07, 6.45) is 4.38. The number of ether oxygens (including phenoxy) is 1. The van der Waals surface area contributed by atoms with Crippen molar-refractivity contribution in [2.24, 2.45) is 0 Å². The Balaban J connectivity index is 1.71. The van der Waals surface area contributed by atoms with Crippen LogP contribution in [-0.2, 0) is 6.61 Å². The predicted molar refractivity (Wildman–Crippen MR) is 83.7 cm³/mol. The van der Waals surface area contributed by atoms with Gasteiger partial charge in [-0.3, -0.25) is 0 Å². The van der Waals surface area contributed by atoms with E-state index in [2.05, 4.69) is 42.5 Å². The van der Waals surface area contributed by atoms with Crippen LogP contribution in [0, 0.1) is 0 Å². The summed E-state index contributed by atoms with van der Waals surface area (Å²) in [6, 6.07) is 20.7. The van der Waals surface area contributed by atoms with Gasteiger partial charge < -0.3 is 4.74 Å². The van der Waals surface area contributed by atoms with Crippen molar-refractivity contribution in [1.29, 1.82) is 0 Å². The lowest BCUT2D eigenvalue weighted by atomic mass is 10.00. The van der Waals surface area contributed by atoms with Crippen LogP contribution in [0.3, 0.4) is 0 Å². The lowest BCUT2D eigenvalue weighted by Crippen LogP contribution is -1.97. The molecule has 20 heavy (non-hydrogen) atoms. The van der Waals surface area contributed by atoms with Crippen LogP contribution in [0.4, 0.5) is 0 Å². The van der Waals surface area contributed by atoms with E-state index in [-0.39, 0.29) is 0 Å². The minimum atomic E-state index is 0.605. The van der Waals surface area contributed by atoms with Gasteiger partial charge in [-0.05, 0) is 39.6 Å². The SMILES string of the molecule is C1=Cc2c(COc3ccccc3)ccc3cccc1c23. The van der Waals surface area contributed by atoms with Gasteiger partial charge in [-0.25, -0.2) is 0 Å². The summed E-state index contributed by atoms with van der Waals surface area (Å²) in [4.78, 5) is 0. The Morgan fingerprint density at radius 2 is 1.65 bits per heavy atom. The largest absolute Gasteiger partial charge is 0.489 e. The third kappa shape index (κ3) is 1.79. The van der Waals surface area contributed by atoms with Crippen molar-refractivity contribution >= 4 is 22.9 Å². The lowest BCUT2D eigenvalue weighted by Gasteiger charge is -2.10. The second-order valence-corrected chi connectivity index (χ2v) is 5.02. The molecule has 0 bridgehead atoms. The number of hydrogen-bond acceptors (Lipinski definition) is 1. The van der Waals surface area contributed by atoms with Crippen LogP contribution in [0.5, 0.6) is 5.75 Å². The van der Waals surface area contributed by atoms with E-state index in [1.54, 1.807) is 0 Å². The summed E-state index contributed by atoms with van der Waals surface area (Å²) < 4.78 is 5.87. The van der Waals surface area contributed by atoms with Gasteiger partial charge in [0, 0.05) is 0 Å². The Morgan fingerprint density at radius 3 is 2.55 bits per heavy atom. The van der Waals surface area contributed by atoms with E-state index < -0.39 is 0 Å². The van der Waals surface area contributed by atoms with Crippen molar-refractivity contribution in [2.75, 3.05) is 0 Å². The van der Waals surface area contributed by atoms with Crippen molar-refractivity contribution in [3.63, 3.8) is 0 Å². The van der Waals surface area contributed by atoms with Crippen LogP contribution >= 0.6 is 0 Å². The third-order valence-corrected chi connectivity index (χ3v) is 3.78. The maximum Gasteiger partial charge on any atom is 0.119 e. The molecule has 0 aliphatic heterocycles. The van der Waals surface area contributed by atoms with Crippen LogP contribution in [0.25, 0.3) is 22.9 Å². The summed E-state index contributed by atoms with van der Waals surface area (Å²) in [5.41, 5.74) is 3.84. The second-order valence-electron chi connectivity index (χ2n) is 5.02. The molecule has 3 aromatic carbocycles. The highest BCUT2D eigenvalue weighted by atomic mass is 16.5. The Labute approximate surface area is 118 Å². The first-order chi connectivity index (χ1) is 9.92. The molecule has 0 heterocycles. The van der Waals surface area contributed by atoms with Crippen LogP contribution in [0.1, 0.15) is 16.7 Å². The molecule has 0 unspecified atom stereocenters. The summed E-state index contributed by atoms with van der Waals surface area (Å²) in [7, 11) is 0. The molecule has 0 saturated carbocycles. The summed E-state index contributed by atoms with van der Waals surface area (Å²) >= 11 is 0. The zero-order chi connectivity index (χ0) is 13.4. The third-order valence-electron chi connectivity index (χ3n) is 3.78. The van der Waals surface area contributed by atoms with Gasteiger partial charge in [0.05, 0.1) is 0 Å². The molecule has 0 fully saturated rings. The number of para-hydroxylation sites is 1. The number of hydrogen-bond donors (Lipinski definition) is 0. The number of benzene rings is 3. The molecule has 0 saturated heterocycles. The van der Waals surface area contributed by atoms with Gasteiger partial charge in [-0.2, -0.15) is 0 Å². The zero-order valence-electron chi connectivity index (χ0n) is 11.0. The van der Waals surface area contributed by atoms with Crippen molar-refractivity contribution in [3.8, 4) is 5.75 Å². The second kappa shape index (κ2) is 4.53. The molecule has 0 spiro atoms. The molecule has 1 aliphatic carbocycles. The molecule has 1 heteroatoms. The molecule has 1 nitrogen and oxygen atoms in total. The lowest BCUT2D eigenvalue weighted by molar-refractivity contribution is 0.306. The topological polar surface area (TPSA) is 9.23 Å². The van der Waals surface area contributed by atoms with E-state index >= 15 is 0 Å². The van der Waals surface area contributed by atoms with Gasteiger partial charge >= 0.3 is 0 Å². The van der Waals surface area contributed by atoms with Gasteiger partial charge in [-0.1, -0.05) is 60.7 Å². The fraction of sp³-hybridized carbons (Fsp3) is 0.0526. The first kappa shape index (κ1) is 11.3. The summed E-state index contributed by atoms with van der Waals surface area (Å²) in [5.74, 6) is 0.912. The fourth-order valence-electron chi connectivity index (χ4n) is 2.79. The van der Waals surface area contributed by atoms with Crippen molar-refractivity contribution in [2.45, 2.75) is 6.61 Å². The van der Waals surface area contributed by atoms with Crippen molar-refractivity contribution in [3.05, 3.63) is 77.4 Å². The smallest absolute Gasteiger partial charge is 0.119 e. The van der Waals surface area contributed by atoms with Crippen LogP contribution in [0.2, 0.25) is 0 Å². The highest BCUT2D eigenvalue weighted by Crippen LogP contribution is 2.33. The molecule has 0 atom stereocenters. The van der Waals surface area contributed by atoms with E-state index in [1.165, 1.54) is 27.5 Å². The van der Waals surface area contributed by atoms with E-state index in [9.17, 15) is 0 Å². The Hall–Kier alpha value is -2.54. The monoisotopic (exact) mass is 258 g/mol. The van der Waals surface area contributed by atoms with Gasteiger partial charge in [0.25, 0.3) is 0 Å². The van der Waals surface area contributed by atoms with Gasteiger partial charge in [-0.15, -0.1) is 0 Å². The molecular formula is C19H14O. The highest BCUT2D eigenvalue weighted by molar-refractivity contribution is 6.05. The molecule has 0 radical (unpaired) electrons. The van der Waals surface area contributed by atoms with E-state index in [4.69, 9.17) is 4.74 Å². The van der Waals surface area contributed by atoms with Crippen molar-refractivity contribution in [1.82, 2.24) is 0 Å². The maximum atomic E-state index is 5.87. The van der Waals surface area contributed by atoms with Crippen LogP contribution in [0.15, 0.2) is 60.7 Å². The summed E-state index contributed by atoms with van der Waals surface area (Å²) in [6.45, 7) is 0.605. The van der Waals surface area contributed by atoms with Gasteiger partial charge in [0.2, 0.25) is 0 Å². The average molecular weight is 258 g/mol. The molecule has 0 amide bonds. The molecular weight excluding hydrogens is 244 g/mol. The molecule has 3 aromatic rings. The Bertz CT molecular complexity index is 801. The fourth-order valence-corrected chi connectivity index (χ4v) is 2.79. The minimum absolute atomic E-state index is 0.605. The zero-order valence-corrected chi connectivity index (χ0v) is 11.0. The van der Waals surface area contributed by atoms with Gasteiger partial charge in [0.1, 0.15) is 12.4 Å². The Kier molecular flexibility index (Phi) is 2.56. The molecule has 4 rings (SSSR count). The maximum absolute atomic E-state index is 5.87. The average Bonchev–Trinajstić information content (AvgIpc) is 2.94. The quantitative estimate of drug-likeness (QED) is 0.507. The molecule has 96 valence electrons. The van der Waals surface area contributed by atoms with Crippen LogP contribution < -0.4 is 4.74 Å².